The maximum absolute atomic E-state index is 12.9. The average Bonchev–Trinajstić information content (AvgIpc) is 2.98. The van der Waals surface area contributed by atoms with Crippen molar-refractivity contribution >= 4 is 29.1 Å². The highest BCUT2D eigenvalue weighted by atomic mass is 16.4. The van der Waals surface area contributed by atoms with Crippen molar-refractivity contribution in [2.24, 2.45) is 0 Å². The number of nitrogens with zero attached hydrogens (tertiary/aromatic N) is 2. The van der Waals surface area contributed by atoms with Crippen LogP contribution in [0.15, 0.2) is 60.2 Å². The van der Waals surface area contributed by atoms with Gasteiger partial charge in [-0.3, -0.25) is 14.4 Å². The van der Waals surface area contributed by atoms with Crippen LogP contribution in [0.2, 0.25) is 0 Å². The number of hydrogen-bond acceptors (Lipinski definition) is 5. The molecular weight excluding hydrogens is 384 g/mol. The molecule has 1 aliphatic heterocycles. The summed E-state index contributed by atoms with van der Waals surface area (Å²) in [7, 11) is 3.81. The number of amides is 1. The third-order valence-corrected chi connectivity index (χ3v) is 5.10. The van der Waals surface area contributed by atoms with Crippen molar-refractivity contribution in [1.82, 2.24) is 4.90 Å². The van der Waals surface area contributed by atoms with E-state index in [1.807, 2.05) is 43.3 Å². The van der Waals surface area contributed by atoms with Crippen molar-refractivity contribution in [2.45, 2.75) is 18.9 Å². The first-order valence-electron chi connectivity index (χ1n) is 9.64. The van der Waals surface area contributed by atoms with Crippen molar-refractivity contribution in [3.05, 3.63) is 71.3 Å². The number of aliphatic hydroxyl groups excluding tert-OH is 1. The second-order valence-electron chi connectivity index (χ2n) is 7.34. The van der Waals surface area contributed by atoms with Crippen molar-refractivity contribution in [3.63, 3.8) is 0 Å². The zero-order valence-electron chi connectivity index (χ0n) is 16.9. The Morgan fingerprint density at radius 2 is 1.63 bits per heavy atom. The summed E-state index contributed by atoms with van der Waals surface area (Å²) < 4.78 is 0. The third kappa shape index (κ3) is 4.20. The van der Waals surface area contributed by atoms with Gasteiger partial charge in [-0.2, -0.15) is 0 Å². The number of aliphatic carboxylic acids is 1. The van der Waals surface area contributed by atoms with E-state index >= 15 is 0 Å². The number of anilines is 1. The van der Waals surface area contributed by atoms with Gasteiger partial charge < -0.3 is 20.0 Å². The molecule has 3 rings (SSSR count). The lowest BCUT2D eigenvalue weighted by molar-refractivity contribution is -0.140. The van der Waals surface area contributed by atoms with Gasteiger partial charge in [-0.05, 0) is 24.1 Å². The Labute approximate surface area is 174 Å². The molecule has 1 fully saturated rings. The maximum atomic E-state index is 12.9. The number of hydrogen-bond donors (Lipinski definition) is 2. The van der Waals surface area contributed by atoms with E-state index < -0.39 is 23.7 Å². The molecule has 0 aromatic heterocycles. The van der Waals surface area contributed by atoms with Gasteiger partial charge in [0.2, 0.25) is 0 Å². The molecule has 1 amide bonds. The van der Waals surface area contributed by atoms with Gasteiger partial charge in [-0.25, -0.2) is 0 Å². The molecule has 1 heterocycles. The first-order chi connectivity index (χ1) is 14.3. The normalized spacial score (nSPS) is 17.9. The van der Waals surface area contributed by atoms with Gasteiger partial charge in [-0.1, -0.05) is 42.5 Å². The molecule has 7 nitrogen and oxygen atoms in total. The summed E-state index contributed by atoms with van der Waals surface area (Å²) in [5, 5.41) is 19.8. The Morgan fingerprint density at radius 1 is 1.00 bits per heavy atom. The molecule has 0 saturated carbocycles. The van der Waals surface area contributed by atoms with E-state index in [-0.39, 0.29) is 30.7 Å². The number of ketones is 1. The molecule has 0 radical (unpaired) electrons. The zero-order valence-corrected chi connectivity index (χ0v) is 16.9. The van der Waals surface area contributed by atoms with Gasteiger partial charge in [0, 0.05) is 38.3 Å². The largest absolute Gasteiger partial charge is 0.507 e. The second kappa shape index (κ2) is 8.82. The number of aliphatic hydroxyl groups is 1. The molecule has 2 aromatic rings. The lowest BCUT2D eigenvalue weighted by Crippen LogP contribution is -2.31. The number of Topliss-reactive ketones (excluding diaryl/α,β-unsaturated/α-hetero) is 1. The Balaban J connectivity index is 2.08. The van der Waals surface area contributed by atoms with Crippen LogP contribution in [0.3, 0.4) is 0 Å². The van der Waals surface area contributed by atoms with Crippen molar-refractivity contribution in [2.75, 3.05) is 25.5 Å². The minimum Gasteiger partial charge on any atom is -0.507 e. The summed E-state index contributed by atoms with van der Waals surface area (Å²) in [5.41, 5.74) is 2.08. The van der Waals surface area contributed by atoms with E-state index in [0.717, 1.165) is 5.69 Å². The van der Waals surface area contributed by atoms with Crippen molar-refractivity contribution < 1.29 is 24.6 Å². The number of benzene rings is 2. The second-order valence-corrected chi connectivity index (χ2v) is 7.34. The highest BCUT2D eigenvalue weighted by molar-refractivity contribution is 6.46. The lowest BCUT2D eigenvalue weighted by atomic mass is 9.95. The van der Waals surface area contributed by atoms with Crippen LogP contribution in [0.1, 0.15) is 30.0 Å². The number of carbonyl (C=O) groups is 3. The van der Waals surface area contributed by atoms with E-state index in [1.54, 1.807) is 30.3 Å². The molecular formula is C23H24N2O5. The van der Waals surface area contributed by atoms with Crippen LogP contribution in [0.4, 0.5) is 5.69 Å². The molecule has 30 heavy (non-hydrogen) atoms. The predicted molar refractivity (Wildman–Crippen MR) is 113 cm³/mol. The lowest BCUT2D eigenvalue weighted by Gasteiger charge is -2.25. The summed E-state index contributed by atoms with van der Waals surface area (Å²) in [6, 6.07) is 15.2. The summed E-state index contributed by atoms with van der Waals surface area (Å²) in [5.74, 6) is -2.72. The van der Waals surface area contributed by atoms with Gasteiger partial charge in [0.1, 0.15) is 5.76 Å². The van der Waals surface area contributed by atoms with E-state index in [9.17, 15) is 19.5 Å². The van der Waals surface area contributed by atoms with Crippen LogP contribution >= 0.6 is 0 Å². The van der Waals surface area contributed by atoms with E-state index in [1.165, 1.54) is 4.90 Å². The van der Waals surface area contributed by atoms with Gasteiger partial charge >= 0.3 is 5.97 Å². The number of likely N-dealkylation sites (tertiary alicyclic amines) is 1. The number of carboxylic acid groups (broad SMARTS) is 1. The standard InChI is InChI=1S/C23H24N2O5/c1-24(2)17-12-10-15(11-13-17)20-19(21(28)16-7-4-3-5-8-16)22(29)23(30)25(20)14-6-9-18(26)27/h3-5,7-8,10-13,20,28H,6,9,14H2,1-2H3,(H,26,27)/b21-19+/t20-/m1/s1. The van der Waals surface area contributed by atoms with Gasteiger partial charge in [0.05, 0.1) is 11.6 Å². The topological polar surface area (TPSA) is 98.2 Å². The molecule has 2 aromatic carbocycles. The van der Waals surface area contributed by atoms with Crippen LogP contribution in [0, 0.1) is 0 Å². The summed E-state index contributed by atoms with van der Waals surface area (Å²) >= 11 is 0. The number of carbonyl (C=O) groups excluding carboxylic acids is 2. The molecule has 1 aliphatic rings. The molecule has 0 bridgehead atoms. The highest BCUT2D eigenvalue weighted by Gasteiger charge is 2.45. The monoisotopic (exact) mass is 408 g/mol. The molecule has 156 valence electrons. The van der Waals surface area contributed by atoms with Crippen molar-refractivity contribution in [3.8, 4) is 0 Å². The Hall–Kier alpha value is -3.61. The summed E-state index contributed by atoms with van der Waals surface area (Å²) in [6.07, 6.45) is 0.0913. The SMILES string of the molecule is CN(C)c1ccc([C@@H]2/C(=C(\O)c3ccccc3)C(=O)C(=O)N2CCCC(=O)O)cc1. The Morgan fingerprint density at radius 3 is 2.20 bits per heavy atom. The zero-order chi connectivity index (χ0) is 21.8. The summed E-state index contributed by atoms with van der Waals surface area (Å²) in [4.78, 5) is 39.8. The van der Waals surface area contributed by atoms with Crippen LogP contribution in [0.5, 0.6) is 0 Å². The van der Waals surface area contributed by atoms with Gasteiger partial charge in [0.15, 0.2) is 0 Å². The van der Waals surface area contributed by atoms with Crippen molar-refractivity contribution in [1.29, 1.82) is 0 Å². The Kier molecular flexibility index (Phi) is 6.20. The molecule has 7 heteroatoms. The molecule has 0 aliphatic carbocycles. The number of rotatable bonds is 7. The van der Waals surface area contributed by atoms with Crippen LogP contribution < -0.4 is 4.90 Å². The third-order valence-electron chi connectivity index (χ3n) is 5.10. The quantitative estimate of drug-likeness (QED) is 0.415. The van der Waals surface area contributed by atoms with E-state index in [4.69, 9.17) is 5.11 Å². The first-order valence-corrected chi connectivity index (χ1v) is 9.64. The van der Waals surface area contributed by atoms with E-state index in [2.05, 4.69) is 0 Å². The van der Waals surface area contributed by atoms with Gasteiger partial charge in [0.25, 0.3) is 11.7 Å². The predicted octanol–water partition coefficient (Wildman–Crippen LogP) is 3.04. The molecule has 2 N–H and O–H groups in total. The fourth-order valence-electron chi connectivity index (χ4n) is 3.56. The van der Waals surface area contributed by atoms with Crippen LogP contribution in [-0.2, 0) is 14.4 Å². The number of carboxylic acids is 1. The highest BCUT2D eigenvalue weighted by Crippen LogP contribution is 2.39. The first kappa shape index (κ1) is 21.1. The average molecular weight is 408 g/mol. The fraction of sp³-hybridized carbons (Fsp3) is 0.261. The minimum absolute atomic E-state index is 0.0131. The summed E-state index contributed by atoms with van der Waals surface area (Å²) in [6.45, 7) is 0.0997. The van der Waals surface area contributed by atoms with E-state index in [0.29, 0.717) is 11.1 Å². The maximum Gasteiger partial charge on any atom is 0.303 e. The molecule has 1 atom stereocenters. The fourth-order valence-corrected chi connectivity index (χ4v) is 3.56. The molecule has 0 unspecified atom stereocenters. The molecule has 1 saturated heterocycles. The smallest absolute Gasteiger partial charge is 0.303 e. The minimum atomic E-state index is -0.970. The Bertz CT molecular complexity index is 980. The molecule has 0 spiro atoms. The van der Waals surface area contributed by atoms with Gasteiger partial charge in [-0.15, -0.1) is 0 Å². The van der Waals surface area contributed by atoms with Crippen LogP contribution in [-0.4, -0.2) is 53.4 Å². The van der Waals surface area contributed by atoms with Crippen LogP contribution in [0.25, 0.3) is 5.76 Å².